The third-order valence-electron chi connectivity index (χ3n) is 3.05. The first-order chi connectivity index (χ1) is 9.69. The van der Waals surface area contributed by atoms with E-state index in [1.165, 1.54) is 6.92 Å². The Morgan fingerprint density at radius 1 is 1.29 bits per heavy atom. The molecule has 0 aliphatic heterocycles. The highest BCUT2D eigenvalue weighted by Gasteiger charge is 2.24. The number of nitrogens with one attached hydrogen (secondary N) is 1. The van der Waals surface area contributed by atoms with Crippen molar-refractivity contribution in [3.05, 3.63) is 29.3 Å². The van der Waals surface area contributed by atoms with Crippen molar-refractivity contribution < 1.29 is 24.5 Å². The van der Waals surface area contributed by atoms with Gasteiger partial charge in [-0.2, -0.15) is 0 Å². The lowest BCUT2D eigenvalue weighted by atomic mass is 10.0. The van der Waals surface area contributed by atoms with Crippen molar-refractivity contribution in [2.45, 2.75) is 32.8 Å². The van der Waals surface area contributed by atoms with Crippen LogP contribution in [0.2, 0.25) is 0 Å². The van der Waals surface area contributed by atoms with Crippen molar-refractivity contribution in [1.29, 1.82) is 0 Å². The van der Waals surface area contributed by atoms with Crippen LogP contribution in [0.4, 0.5) is 0 Å². The summed E-state index contributed by atoms with van der Waals surface area (Å²) in [6.45, 7) is 4.95. The van der Waals surface area contributed by atoms with E-state index in [0.29, 0.717) is 5.75 Å². The average Bonchev–Trinajstić information content (AvgIpc) is 2.36. The van der Waals surface area contributed by atoms with Gasteiger partial charge in [-0.05, 0) is 44.0 Å². The van der Waals surface area contributed by atoms with Crippen LogP contribution in [0, 0.1) is 13.8 Å². The monoisotopic (exact) mass is 295 g/mol. The van der Waals surface area contributed by atoms with Gasteiger partial charge in [0.05, 0.1) is 12.0 Å². The number of aliphatic carboxylic acids is 1. The van der Waals surface area contributed by atoms with Gasteiger partial charge in [-0.15, -0.1) is 0 Å². The number of rotatable bonds is 7. The Morgan fingerprint density at radius 3 is 2.52 bits per heavy atom. The normalized spacial score (nSPS) is 13.3. The molecule has 0 saturated carbocycles. The molecule has 6 nitrogen and oxygen atoms in total. The van der Waals surface area contributed by atoms with E-state index in [4.69, 9.17) is 9.84 Å². The molecule has 0 aliphatic rings. The molecule has 1 aromatic rings. The largest absolute Gasteiger partial charge is 0.484 e. The third-order valence-corrected chi connectivity index (χ3v) is 3.05. The van der Waals surface area contributed by atoms with E-state index < -0.39 is 23.9 Å². The molecule has 0 bridgehead atoms. The van der Waals surface area contributed by atoms with Gasteiger partial charge in [0.15, 0.2) is 6.61 Å². The van der Waals surface area contributed by atoms with Gasteiger partial charge in [-0.3, -0.25) is 9.59 Å². The minimum atomic E-state index is -1.48. The highest BCUT2D eigenvalue weighted by Crippen LogP contribution is 2.16. The molecule has 0 aromatic heterocycles. The van der Waals surface area contributed by atoms with Crippen molar-refractivity contribution in [1.82, 2.24) is 5.32 Å². The lowest BCUT2D eigenvalue weighted by molar-refractivity contribution is -0.142. The number of benzene rings is 1. The number of hydrogen-bond acceptors (Lipinski definition) is 4. The lowest BCUT2D eigenvalue weighted by Gasteiger charge is -2.21. The predicted octanol–water partition coefficient (Wildman–Crippen LogP) is 1.02. The molecule has 6 heteroatoms. The number of ether oxygens (including phenoxy) is 1. The van der Waals surface area contributed by atoms with Crippen LogP contribution in [-0.4, -0.2) is 40.8 Å². The summed E-state index contributed by atoms with van der Waals surface area (Å²) in [6.07, 6.45) is -0.439. The zero-order chi connectivity index (χ0) is 16.0. The Bertz CT molecular complexity index is 525. The molecular formula is C15H21NO5. The van der Waals surface area contributed by atoms with Crippen LogP contribution in [0.1, 0.15) is 24.5 Å². The van der Waals surface area contributed by atoms with Gasteiger partial charge in [0, 0.05) is 6.54 Å². The summed E-state index contributed by atoms with van der Waals surface area (Å²) < 4.78 is 5.34. The molecule has 21 heavy (non-hydrogen) atoms. The molecule has 3 N–H and O–H groups in total. The molecule has 116 valence electrons. The first kappa shape index (κ1) is 17.0. The maximum Gasteiger partial charge on any atom is 0.306 e. The van der Waals surface area contributed by atoms with Crippen LogP contribution in [0.15, 0.2) is 18.2 Å². The second-order valence-electron chi connectivity index (χ2n) is 5.38. The van der Waals surface area contributed by atoms with Crippen LogP contribution < -0.4 is 10.1 Å². The molecule has 1 rings (SSSR count). The van der Waals surface area contributed by atoms with Crippen molar-refractivity contribution in [3.8, 4) is 5.75 Å². The predicted molar refractivity (Wildman–Crippen MR) is 77.3 cm³/mol. The Kier molecular flexibility index (Phi) is 5.72. The second kappa shape index (κ2) is 7.08. The highest BCUT2D eigenvalue weighted by molar-refractivity contribution is 5.77. The number of carboxylic acids is 1. The second-order valence-corrected chi connectivity index (χ2v) is 5.38. The maximum atomic E-state index is 11.6. The van der Waals surface area contributed by atoms with E-state index in [0.717, 1.165) is 11.1 Å². The van der Waals surface area contributed by atoms with E-state index in [1.54, 1.807) is 6.07 Å². The zero-order valence-electron chi connectivity index (χ0n) is 12.5. The molecule has 0 heterocycles. The molecule has 0 saturated heterocycles. The first-order valence-corrected chi connectivity index (χ1v) is 6.60. The number of carboxylic acid groups (broad SMARTS) is 1. The van der Waals surface area contributed by atoms with Gasteiger partial charge in [-0.1, -0.05) is 6.07 Å². The van der Waals surface area contributed by atoms with Crippen LogP contribution in [0.5, 0.6) is 5.75 Å². The summed E-state index contributed by atoms with van der Waals surface area (Å²) in [6, 6.07) is 5.51. The van der Waals surface area contributed by atoms with E-state index in [1.807, 2.05) is 26.0 Å². The van der Waals surface area contributed by atoms with Crippen LogP contribution in [0.3, 0.4) is 0 Å². The first-order valence-electron chi connectivity index (χ1n) is 6.60. The van der Waals surface area contributed by atoms with Gasteiger partial charge >= 0.3 is 5.97 Å². The Balaban J connectivity index is 2.40. The molecule has 0 fully saturated rings. The molecule has 1 amide bonds. The zero-order valence-corrected chi connectivity index (χ0v) is 12.5. The number of carbonyl (C=O) groups excluding carboxylic acids is 1. The van der Waals surface area contributed by atoms with Crippen molar-refractivity contribution in [3.63, 3.8) is 0 Å². The average molecular weight is 295 g/mol. The van der Waals surface area contributed by atoms with Gasteiger partial charge in [0.2, 0.25) is 0 Å². The standard InChI is InChI=1S/C15H21NO5/c1-10-4-5-12(6-11(10)2)21-8-13(17)16-9-15(3,20)7-14(18)19/h4-6,20H,7-9H2,1-3H3,(H,16,17)(H,18,19). The van der Waals surface area contributed by atoms with E-state index in [-0.39, 0.29) is 13.2 Å². The van der Waals surface area contributed by atoms with Crippen LogP contribution in [0.25, 0.3) is 0 Å². The smallest absolute Gasteiger partial charge is 0.306 e. The summed E-state index contributed by atoms with van der Waals surface area (Å²) in [4.78, 5) is 22.1. The van der Waals surface area contributed by atoms with E-state index >= 15 is 0 Å². The summed E-state index contributed by atoms with van der Waals surface area (Å²) in [5, 5.41) is 20.8. The van der Waals surface area contributed by atoms with Gasteiger partial charge in [-0.25, -0.2) is 0 Å². The molecular weight excluding hydrogens is 274 g/mol. The Labute approximate surface area is 123 Å². The quantitative estimate of drug-likeness (QED) is 0.698. The number of aliphatic hydroxyl groups is 1. The fraction of sp³-hybridized carbons (Fsp3) is 0.467. The van der Waals surface area contributed by atoms with Crippen LogP contribution in [-0.2, 0) is 9.59 Å². The topological polar surface area (TPSA) is 95.9 Å². The number of amides is 1. The van der Waals surface area contributed by atoms with Crippen LogP contribution >= 0.6 is 0 Å². The number of aryl methyl sites for hydroxylation is 2. The van der Waals surface area contributed by atoms with Gasteiger partial charge in [0.1, 0.15) is 5.75 Å². The van der Waals surface area contributed by atoms with Crippen molar-refractivity contribution >= 4 is 11.9 Å². The van der Waals surface area contributed by atoms with Gasteiger partial charge < -0.3 is 20.3 Å². The van der Waals surface area contributed by atoms with E-state index in [9.17, 15) is 14.7 Å². The highest BCUT2D eigenvalue weighted by atomic mass is 16.5. The number of hydrogen-bond donors (Lipinski definition) is 3. The third kappa shape index (κ3) is 6.27. The molecule has 0 aliphatic carbocycles. The lowest BCUT2D eigenvalue weighted by Crippen LogP contribution is -2.43. The van der Waals surface area contributed by atoms with Crippen molar-refractivity contribution in [2.24, 2.45) is 0 Å². The summed E-state index contributed by atoms with van der Waals surface area (Å²) in [7, 11) is 0. The fourth-order valence-electron chi connectivity index (χ4n) is 1.68. The fourth-order valence-corrected chi connectivity index (χ4v) is 1.68. The summed E-state index contributed by atoms with van der Waals surface area (Å²) >= 11 is 0. The number of carbonyl (C=O) groups is 2. The molecule has 1 unspecified atom stereocenters. The SMILES string of the molecule is Cc1ccc(OCC(=O)NCC(C)(O)CC(=O)O)cc1C. The minimum absolute atomic E-state index is 0.144. The van der Waals surface area contributed by atoms with Crippen molar-refractivity contribution in [2.75, 3.05) is 13.2 Å². The molecule has 0 spiro atoms. The Morgan fingerprint density at radius 2 is 1.95 bits per heavy atom. The van der Waals surface area contributed by atoms with Gasteiger partial charge in [0.25, 0.3) is 5.91 Å². The summed E-state index contributed by atoms with van der Waals surface area (Å²) in [5.41, 5.74) is 0.718. The van der Waals surface area contributed by atoms with E-state index in [2.05, 4.69) is 5.32 Å². The molecule has 0 radical (unpaired) electrons. The minimum Gasteiger partial charge on any atom is -0.484 e. The molecule has 1 atom stereocenters. The summed E-state index contributed by atoms with van der Waals surface area (Å²) in [5.74, 6) is -0.954. The molecule has 1 aromatic carbocycles. The Hall–Kier alpha value is -2.08. The maximum absolute atomic E-state index is 11.6.